The Kier molecular flexibility index (Phi) is 5.02. The predicted molar refractivity (Wildman–Crippen MR) is 107 cm³/mol. The van der Waals surface area contributed by atoms with Crippen molar-refractivity contribution in [2.75, 3.05) is 32.6 Å². The van der Waals surface area contributed by atoms with Crippen LogP contribution in [0.1, 0.15) is 31.7 Å². The number of piperidine rings is 1. The lowest BCUT2D eigenvalue weighted by molar-refractivity contribution is -0.137. The van der Waals surface area contributed by atoms with Crippen LogP contribution in [0.2, 0.25) is 0 Å². The van der Waals surface area contributed by atoms with E-state index in [1.165, 1.54) is 20.5 Å². The van der Waals surface area contributed by atoms with E-state index < -0.39 is 11.4 Å². The third-order valence-electron chi connectivity index (χ3n) is 7.05. The van der Waals surface area contributed by atoms with Crippen LogP contribution in [0.25, 0.3) is 0 Å². The molecule has 4 rings (SSSR count). The van der Waals surface area contributed by atoms with Gasteiger partial charge in [0.2, 0.25) is 5.91 Å². The van der Waals surface area contributed by atoms with E-state index in [4.69, 9.17) is 9.47 Å². The van der Waals surface area contributed by atoms with Crippen LogP contribution in [-0.4, -0.2) is 55.2 Å². The van der Waals surface area contributed by atoms with E-state index in [2.05, 4.69) is 17.1 Å². The lowest BCUT2D eigenvalue weighted by Gasteiger charge is -2.45. The standard InChI is InChI=1S/C22H28N2O5/c1-4-13-11-24-9-8-22(19-16(23-21(22)27)6-5-7-17(19)25)18(24)10-14(13)15(12-28-2)20(26)29-3/h5-7,12-14,18,25H,4,8-11H2,1-3H3,(H,23,27)/b15-12+/t13-,14-,18?,22?/m0/s1. The summed E-state index contributed by atoms with van der Waals surface area (Å²) in [6.07, 6.45) is 3.67. The average molecular weight is 400 g/mol. The number of rotatable bonds is 4. The lowest BCUT2D eigenvalue weighted by Crippen LogP contribution is -2.53. The average Bonchev–Trinajstić information content (AvgIpc) is 3.24. The SMILES string of the molecule is CC[C@H]1CN2CCC3(C(=O)Nc4cccc(O)c43)C2C[C@@H]1/C(=C\OC)C(=O)OC. The highest BCUT2D eigenvalue weighted by molar-refractivity contribution is 6.08. The van der Waals surface area contributed by atoms with Gasteiger partial charge >= 0.3 is 5.97 Å². The molecule has 0 bridgehead atoms. The Morgan fingerprint density at radius 1 is 1.41 bits per heavy atom. The summed E-state index contributed by atoms with van der Waals surface area (Å²) in [4.78, 5) is 28.1. The van der Waals surface area contributed by atoms with Crippen molar-refractivity contribution < 1.29 is 24.2 Å². The van der Waals surface area contributed by atoms with Gasteiger partial charge in [-0.15, -0.1) is 0 Å². The van der Waals surface area contributed by atoms with E-state index in [1.807, 2.05) is 6.07 Å². The summed E-state index contributed by atoms with van der Waals surface area (Å²) in [6.45, 7) is 3.70. The Labute approximate surface area is 170 Å². The molecule has 156 valence electrons. The van der Waals surface area contributed by atoms with Crippen molar-refractivity contribution in [2.45, 2.75) is 37.6 Å². The van der Waals surface area contributed by atoms with E-state index >= 15 is 0 Å². The molecule has 0 radical (unpaired) electrons. The molecule has 3 aliphatic heterocycles. The van der Waals surface area contributed by atoms with Gasteiger partial charge in [0.1, 0.15) is 5.75 Å². The highest BCUT2D eigenvalue weighted by atomic mass is 16.5. The van der Waals surface area contributed by atoms with Crippen molar-refractivity contribution in [1.82, 2.24) is 4.90 Å². The molecular weight excluding hydrogens is 372 g/mol. The van der Waals surface area contributed by atoms with Gasteiger partial charge in [0.25, 0.3) is 0 Å². The number of fused-ring (bicyclic) bond motifs is 4. The van der Waals surface area contributed by atoms with Gasteiger partial charge in [-0.05, 0) is 43.4 Å². The zero-order chi connectivity index (χ0) is 20.8. The summed E-state index contributed by atoms with van der Waals surface area (Å²) in [5.41, 5.74) is 1.10. The summed E-state index contributed by atoms with van der Waals surface area (Å²) in [5, 5.41) is 13.6. The van der Waals surface area contributed by atoms with Crippen LogP contribution in [0.3, 0.4) is 0 Å². The maximum Gasteiger partial charge on any atom is 0.337 e. The largest absolute Gasteiger partial charge is 0.508 e. The number of methoxy groups -OCH3 is 2. The van der Waals surface area contributed by atoms with E-state index in [-0.39, 0.29) is 29.5 Å². The number of nitrogens with one attached hydrogen (secondary N) is 1. The second-order valence-corrected chi connectivity index (χ2v) is 8.20. The normalized spacial score (nSPS) is 31.3. The third kappa shape index (κ3) is 2.82. The molecule has 1 spiro atoms. The molecule has 0 aromatic heterocycles. The molecule has 1 aromatic rings. The monoisotopic (exact) mass is 400 g/mol. The van der Waals surface area contributed by atoms with Crippen LogP contribution in [0, 0.1) is 11.8 Å². The summed E-state index contributed by atoms with van der Waals surface area (Å²) in [7, 11) is 2.90. The minimum absolute atomic E-state index is 0.0643. The van der Waals surface area contributed by atoms with Crippen molar-refractivity contribution in [1.29, 1.82) is 0 Å². The number of phenols is 1. The Hall–Kier alpha value is -2.54. The molecular formula is C22H28N2O5. The van der Waals surface area contributed by atoms with E-state index in [0.717, 1.165) is 19.5 Å². The van der Waals surface area contributed by atoms with Crippen LogP contribution < -0.4 is 5.32 Å². The van der Waals surface area contributed by atoms with Crippen LogP contribution in [0.4, 0.5) is 5.69 Å². The number of ether oxygens (including phenoxy) is 2. The Balaban J connectivity index is 1.77. The third-order valence-corrected chi connectivity index (χ3v) is 7.05. The number of benzene rings is 1. The molecule has 2 saturated heterocycles. The topological polar surface area (TPSA) is 88.1 Å². The number of carbonyl (C=O) groups is 2. The number of esters is 1. The Morgan fingerprint density at radius 3 is 2.90 bits per heavy atom. The second-order valence-electron chi connectivity index (χ2n) is 8.20. The highest BCUT2D eigenvalue weighted by Gasteiger charge is 2.61. The van der Waals surface area contributed by atoms with Crippen molar-refractivity contribution in [2.24, 2.45) is 11.8 Å². The Bertz CT molecular complexity index is 867. The molecule has 7 nitrogen and oxygen atoms in total. The van der Waals surface area contributed by atoms with E-state index in [9.17, 15) is 14.7 Å². The van der Waals surface area contributed by atoms with Gasteiger partial charge < -0.3 is 19.9 Å². The molecule has 0 aliphatic carbocycles. The van der Waals surface area contributed by atoms with Gasteiger partial charge in [-0.2, -0.15) is 0 Å². The fourth-order valence-corrected chi connectivity index (χ4v) is 5.73. The number of phenolic OH excluding ortho intramolecular Hbond substituents is 1. The van der Waals surface area contributed by atoms with Crippen LogP contribution in [0.5, 0.6) is 5.75 Å². The minimum atomic E-state index is -0.800. The lowest BCUT2D eigenvalue weighted by atomic mass is 9.67. The summed E-state index contributed by atoms with van der Waals surface area (Å²) >= 11 is 0. The van der Waals surface area contributed by atoms with Crippen molar-refractivity contribution in [3.05, 3.63) is 35.6 Å². The summed E-state index contributed by atoms with van der Waals surface area (Å²) < 4.78 is 10.2. The van der Waals surface area contributed by atoms with Crippen molar-refractivity contribution in [3.8, 4) is 5.75 Å². The fourth-order valence-electron chi connectivity index (χ4n) is 5.73. The quantitative estimate of drug-likeness (QED) is 0.458. The molecule has 29 heavy (non-hydrogen) atoms. The zero-order valence-corrected chi connectivity index (χ0v) is 17.1. The number of hydrogen-bond acceptors (Lipinski definition) is 6. The first-order valence-electron chi connectivity index (χ1n) is 10.2. The van der Waals surface area contributed by atoms with Crippen molar-refractivity contribution in [3.63, 3.8) is 0 Å². The number of nitrogens with zero attached hydrogens (tertiary/aromatic N) is 1. The molecule has 1 aromatic carbocycles. The minimum Gasteiger partial charge on any atom is -0.508 e. The first-order valence-corrected chi connectivity index (χ1v) is 10.2. The molecule has 3 aliphatic rings. The molecule has 1 amide bonds. The molecule has 4 atom stereocenters. The first kappa shape index (κ1) is 19.8. The van der Waals surface area contributed by atoms with Crippen molar-refractivity contribution >= 4 is 17.6 Å². The summed E-state index contributed by atoms with van der Waals surface area (Å²) in [5.74, 6) is -0.125. The molecule has 7 heteroatoms. The van der Waals surface area contributed by atoms with E-state index in [0.29, 0.717) is 29.7 Å². The zero-order valence-electron chi connectivity index (χ0n) is 17.1. The number of amides is 1. The van der Waals surface area contributed by atoms with Gasteiger partial charge in [0, 0.05) is 23.8 Å². The number of hydrogen-bond donors (Lipinski definition) is 2. The summed E-state index contributed by atoms with van der Waals surface area (Å²) in [6, 6.07) is 5.12. The number of anilines is 1. The van der Waals surface area contributed by atoms with Gasteiger partial charge in [-0.1, -0.05) is 19.4 Å². The predicted octanol–water partition coefficient (Wildman–Crippen LogP) is 2.41. The number of carbonyl (C=O) groups excluding carboxylic acids is 2. The molecule has 2 unspecified atom stereocenters. The van der Waals surface area contributed by atoms with Crippen LogP contribution >= 0.6 is 0 Å². The van der Waals surface area contributed by atoms with Gasteiger partial charge in [-0.25, -0.2) is 4.79 Å². The van der Waals surface area contributed by atoms with Crippen LogP contribution in [0.15, 0.2) is 30.0 Å². The maximum atomic E-state index is 13.2. The molecule has 0 saturated carbocycles. The first-order chi connectivity index (χ1) is 14.0. The van der Waals surface area contributed by atoms with Gasteiger partial charge in [0.15, 0.2) is 0 Å². The van der Waals surface area contributed by atoms with Gasteiger partial charge in [0.05, 0.1) is 31.5 Å². The smallest absolute Gasteiger partial charge is 0.337 e. The highest BCUT2D eigenvalue weighted by Crippen LogP contribution is 2.55. The van der Waals surface area contributed by atoms with Crippen LogP contribution in [-0.2, 0) is 24.5 Å². The second kappa shape index (κ2) is 7.37. The number of aromatic hydroxyl groups is 1. The van der Waals surface area contributed by atoms with Gasteiger partial charge in [-0.3, -0.25) is 9.69 Å². The maximum absolute atomic E-state index is 13.2. The Morgan fingerprint density at radius 2 is 2.21 bits per heavy atom. The molecule has 2 N–H and O–H groups in total. The van der Waals surface area contributed by atoms with E-state index in [1.54, 1.807) is 12.1 Å². The molecule has 2 fully saturated rings. The fraction of sp³-hybridized carbons (Fsp3) is 0.545. The molecule has 3 heterocycles.